The predicted octanol–water partition coefficient (Wildman–Crippen LogP) is 4.08. The van der Waals surface area contributed by atoms with Crippen molar-refractivity contribution in [3.05, 3.63) is 75.3 Å². The van der Waals surface area contributed by atoms with Gasteiger partial charge in [-0.3, -0.25) is 10.1 Å². The van der Waals surface area contributed by atoms with Gasteiger partial charge in [-0.25, -0.2) is 9.78 Å². The van der Waals surface area contributed by atoms with Crippen LogP contribution >= 0.6 is 11.3 Å². The summed E-state index contributed by atoms with van der Waals surface area (Å²) in [5, 5.41) is 13.2. The number of hydrogen-bond donors (Lipinski definition) is 0. The fraction of sp³-hybridized carbons (Fsp3) is 0.111. The average Bonchev–Trinajstić information content (AvgIpc) is 3.15. The Balaban J connectivity index is 1.64. The number of hydrogen-bond acceptors (Lipinski definition) is 7. The van der Waals surface area contributed by atoms with Crippen molar-refractivity contribution in [3.63, 3.8) is 0 Å². The summed E-state index contributed by atoms with van der Waals surface area (Å²) in [4.78, 5) is 26.6. The first-order valence-corrected chi connectivity index (χ1v) is 8.45. The monoisotopic (exact) mass is 370 g/mol. The zero-order valence-electron chi connectivity index (χ0n) is 13.7. The molecule has 0 atom stereocenters. The predicted molar refractivity (Wildman–Crippen MR) is 96.3 cm³/mol. The molecule has 3 rings (SSSR count). The van der Waals surface area contributed by atoms with E-state index in [1.165, 1.54) is 35.6 Å². The summed E-state index contributed by atoms with van der Waals surface area (Å²) in [6, 6.07) is 12.8. The second kappa shape index (κ2) is 7.75. The Labute approximate surface area is 153 Å². The smallest absolute Gasteiger partial charge is 0.338 e. The molecule has 132 valence electrons. The molecule has 0 aliphatic heterocycles. The topological polar surface area (TPSA) is 91.6 Å². The molecule has 0 amide bonds. The highest BCUT2D eigenvalue weighted by Gasteiger charge is 2.12. The number of nitro groups is 1. The number of benzene rings is 2. The lowest BCUT2D eigenvalue weighted by atomic mass is 10.2. The molecule has 8 heteroatoms. The molecule has 1 aromatic heterocycles. The van der Waals surface area contributed by atoms with Gasteiger partial charge < -0.3 is 9.47 Å². The number of rotatable bonds is 6. The summed E-state index contributed by atoms with van der Waals surface area (Å²) in [7, 11) is 1.60. The minimum atomic E-state index is -0.559. The van der Waals surface area contributed by atoms with Crippen LogP contribution in [0, 0.1) is 10.1 Å². The molecule has 26 heavy (non-hydrogen) atoms. The number of carbonyl (C=O) groups excluding carboxylic acids is 1. The van der Waals surface area contributed by atoms with Crippen LogP contribution in [-0.4, -0.2) is 23.0 Å². The van der Waals surface area contributed by atoms with Gasteiger partial charge in [0.15, 0.2) is 0 Å². The van der Waals surface area contributed by atoms with Gasteiger partial charge in [-0.2, -0.15) is 0 Å². The van der Waals surface area contributed by atoms with Crippen LogP contribution in [0.5, 0.6) is 5.75 Å². The lowest BCUT2D eigenvalue weighted by Gasteiger charge is -2.03. The first-order chi connectivity index (χ1) is 12.6. The van der Waals surface area contributed by atoms with Gasteiger partial charge in [0.25, 0.3) is 5.69 Å². The van der Waals surface area contributed by atoms with E-state index in [1.54, 1.807) is 7.11 Å². The van der Waals surface area contributed by atoms with Crippen LogP contribution in [0.1, 0.15) is 16.1 Å². The summed E-state index contributed by atoms with van der Waals surface area (Å²) in [5.41, 5.74) is 1.72. The standard InChI is InChI=1S/C18H14N2O5S/c1-24-16-4-2-3-13(9-16)17-19-14(11-26-17)10-25-18(21)12-5-7-15(8-6-12)20(22)23/h2-9,11H,10H2,1H3. The number of ether oxygens (including phenoxy) is 2. The van der Waals surface area contributed by atoms with Gasteiger partial charge in [-0.1, -0.05) is 12.1 Å². The van der Waals surface area contributed by atoms with E-state index in [2.05, 4.69) is 4.98 Å². The zero-order valence-corrected chi connectivity index (χ0v) is 14.6. The number of carbonyl (C=O) groups is 1. The van der Waals surface area contributed by atoms with Crippen LogP contribution in [0.3, 0.4) is 0 Å². The van der Waals surface area contributed by atoms with E-state index >= 15 is 0 Å². The van der Waals surface area contributed by atoms with Gasteiger partial charge in [0.1, 0.15) is 17.4 Å². The molecule has 0 fully saturated rings. The van der Waals surface area contributed by atoms with Crippen molar-refractivity contribution >= 4 is 23.0 Å². The lowest BCUT2D eigenvalue weighted by Crippen LogP contribution is -2.05. The van der Waals surface area contributed by atoms with Gasteiger partial charge in [0.05, 0.1) is 23.3 Å². The Morgan fingerprint density at radius 3 is 2.69 bits per heavy atom. The number of methoxy groups -OCH3 is 1. The number of aromatic nitrogens is 1. The molecule has 0 bridgehead atoms. The van der Waals surface area contributed by atoms with Gasteiger partial charge in [0.2, 0.25) is 0 Å². The normalized spacial score (nSPS) is 10.3. The van der Waals surface area contributed by atoms with Crippen LogP contribution in [0.15, 0.2) is 53.9 Å². The third kappa shape index (κ3) is 4.04. The molecule has 7 nitrogen and oxygen atoms in total. The van der Waals surface area contributed by atoms with Crippen LogP contribution in [-0.2, 0) is 11.3 Å². The second-order valence-electron chi connectivity index (χ2n) is 5.26. The van der Waals surface area contributed by atoms with E-state index in [4.69, 9.17) is 9.47 Å². The Kier molecular flexibility index (Phi) is 5.23. The molecule has 0 aliphatic rings. The zero-order chi connectivity index (χ0) is 18.5. The molecule has 0 radical (unpaired) electrons. The molecule has 2 aromatic carbocycles. The molecular formula is C18H14N2O5S. The van der Waals surface area contributed by atoms with E-state index < -0.39 is 10.9 Å². The quantitative estimate of drug-likeness (QED) is 0.369. The fourth-order valence-corrected chi connectivity index (χ4v) is 3.01. The summed E-state index contributed by atoms with van der Waals surface area (Å²) in [6.07, 6.45) is 0. The third-order valence-electron chi connectivity index (χ3n) is 3.53. The minimum absolute atomic E-state index is 0.0241. The van der Waals surface area contributed by atoms with E-state index in [0.29, 0.717) is 5.69 Å². The maximum atomic E-state index is 12.0. The Hall–Kier alpha value is -3.26. The number of non-ortho nitro benzene ring substituents is 1. The van der Waals surface area contributed by atoms with Gasteiger partial charge in [-0.05, 0) is 24.3 Å². The number of nitro benzene ring substituents is 1. The highest BCUT2D eigenvalue weighted by molar-refractivity contribution is 7.13. The lowest BCUT2D eigenvalue weighted by molar-refractivity contribution is -0.384. The van der Waals surface area contributed by atoms with Crippen molar-refractivity contribution in [1.82, 2.24) is 4.98 Å². The Morgan fingerprint density at radius 1 is 1.23 bits per heavy atom. The summed E-state index contributed by atoms with van der Waals surface area (Å²) >= 11 is 1.44. The Morgan fingerprint density at radius 2 is 2.00 bits per heavy atom. The first-order valence-electron chi connectivity index (χ1n) is 7.57. The van der Waals surface area contributed by atoms with Crippen molar-refractivity contribution in [3.8, 4) is 16.3 Å². The fourth-order valence-electron chi connectivity index (χ4n) is 2.20. The highest BCUT2D eigenvalue weighted by atomic mass is 32.1. The highest BCUT2D eigenvalue weighted by Crippen LogP contribution is 2.27. The maximum Gasteiger partial charge on any atom is 0.338 e. The largest absolute Gasteiger partial charge is 0.497 e. The van der Waals surface area contributed by atoms with Gasteiger partial charge in [0, 0.05) is 23.1 Å². The van der Waals surface area contributed by atoms with E-state index in [1.807, 2.05) is 29.6 Å². The first kappa shape index (κ1) is 17.6. The molecule has 0 spiro atoms. The minimum Gasteiger partial charge on any atom is -0.497 e. The molecule has 1 heterocycles. The number of nitrogens with zero attached hydrogens (tertiary/aromatic N) is 2. The Bertz CT molecular complexity index is 937. The van der Waals surface area contributed by atoms with E-state index in [-0.39, 0.29) is 17.9 Å². The molecule has 0 saturated carbocycles. The average molecular weight is 370 g/mol. The van der Waals surface area contributed by atoms with E-state index in [0.717, 1.165) is 16.3 Å². The molecule has 0 unspecified atom stereocenters. The van der Waals surface area contributed by atoms with Crippen molar-refractivity contribution in [2.24, 2.45) is 0 Å². The number of thiazole rings is 1. The summed E-state index contributed by atoms with van der Waals surface area (Å²) < 4.78 is 10.4. The summed E-state index contributed by atoms with van der Waals surface area (Å²) in [6.45, 7) is 0.0241. The van der Waals surface area contributed by atoms with Crippen LogP contribution < -0.4 is 4.74 Å². The summed E-state index contributed by atoms with van der Waals surface area (Å²) in [5.74, 6) is 0.180. The van der Waals surface area contributed by atoms with Crippen molar-refractivity contribution in [1.29, 1.82) is 0 Å². The van der Waals surface area contributed by atoms with Crippen LogP contribution in [0.2, 0.25) is 0 Å². The van der Waals surface area contributed by atoms with Crippen LogP contribution in [0.25, 0.3) is 10.6 Å². The van der Waals surface area contributed by atoms with Crippen LogP contribution in [0.4, 0.5) is 5.69 Å². The maximum absolute atomic E-state index is 12.0. The molecule has 0 aliphatic carbocycles. The SMILES string of the molecule is COc1cccc(-c2nc(COC(=O)c3ccc([N+](=O)[O-])cc3)cs2)c1. The third-order valence-corrected chi connectivity index (χ3v) is 4.47. The molecular weight excluding hydrogens is 356 g/mol. The molecule has 0 N–H and O–H groups in total. The van der Waals surface area contributed by atoms with Crippen molar-refractivity contribution in [2.75, 3.05) is 7.11 Å². The van der Waals surface area contributed by atoms with Crippen molar-refractivity contribution < 1.29 is 19.2 Å². The van der Waals surface area contributed by atoms with E-state index in [9.17, 15) is 14.9 Å². The van der Waals surface area contributed by atoms with Crippen molar-refractivity contribution in [2.45, 2.75) is 6.61 Å². The number of esters is 1. The van der Waals surface area contributed by atoms with Gasteiger partial charge >= 0.3 is 5.97 Å². The molecule has 3 aromatic rings. The molecule has 0 saturated heterocycles. The second-order valence-corrected chi connectivity index (χ2v) is 6.11. The van der Waals surface area contributed by atoms with Gasteiger partial charge in [-0.15, -0.1) is 11.3 Å².